The molecular weight excluding hydrogens is 336 g/mol. The largest absolute Gasteiger partial charge is 0.337 e. The Morgan fingerprint density at radius 2 is 1.67 bits per heavy atom. The number of hydrogen-bond acceptors (Lipinski definition) is 3. The molecule has 0 aliphatic carbocycles. The van der Waals surface area contributed by atoms with Crippen molar-refractivity contribution in [1.29, 1.82) is 0 Å². The zero-order chi connectivity index (χ0) is 18.8. The number of benzene rings is 2. The fourth-order valence-corrected chi connectivity index (χ4v) is 4.41. The van der Waals surface area contributed by atoms with Crippen LogP contribution in [-0.4, -0.2) is 53.7 Å². The van der Waals surface area contributed by atoms with Gasteiger partial charge in [0, 0.05) is 36.8 Å². The van der Waals surface area contributed by atoms with E-state index in [2.05, 4.69) is 4.90 Å². The van der Waals surface area contributed by atoms with E-state index in [4.69, 9.17) is 0 Å². The van der Waals surface area contributed by atoms with Crippen molar-refractivity contribution in [2.45, 2.75) is 32.2 Å². The molecule has 0 N–H and O–H groups in total. The van der Waals surface area contributed by atoms with Crippen LogP contribution in [0.1, 0.15) is 46.9 Å². The van der Waals surface area contributed by atoms with Crippen molar-refractivity contribution in [3.63, 3.8) is 0 Å². The molecule has 140 valence electrons. The zero-order valence-corrected chi connectivity index (χ0v) is 15.9. The maximum atomic E-state index is 13.0. The van der Waals surface area contributed by atoms with Crippen LogP contribution in [0, 0.1) is 0 Å². The normalized spacial score (nSPS) is 20.2. The molecule has 2 aromatic carbocycles. The molecule has 4 rings (SSSR count). The molecule has 0 aromatic heterocycles. The lowest BCUT2D eigenvalue weighted by Crippen LogP contribution is -2.39. The van der Waals surface area contributed by atoms with Gasteiger partial charge >= 0.3 is 0 Å². The summed E-state index contributed by atoms with van der Waals surface area (Å²) in [6, 6.07) is 15.8. The highest BCUT2D eigenvalue weighted by Gasteiger charge is 2.30. The Bertz CT molecular complexity index is 844. The molecule has 4 heteroatoms. The Morgan fingerprint density at radius 1 is 0.926 bits per heavy atom. The van der Waals surface area contributed by atoms with Gasteiger partial charge in [0.2, 0.25) is 0 Å². The topological polar surface area (TPSA) is 40.6 Å². The quantitative estimate of drug-likeness (QED) is 0.779. The minimum absolute atomic E-state index is 0.0523. The first-order valence-corrected chi connectivity index (χ1v) is 9.87. The molecule has 0 saturated carbocycles. The number of amides is 1. The molecular formula is C23H26N2O2. The third-order valence-corrected chi connectivity index (χ3v) is 5.84. The fraction of sp³-hybridized carbons (Fsp3) is 0.391. The van der Waals surface area contributed by atoms with E-state index in [-0.39, 0.29) is 11.7 Å². The predicted octanol–water partition coefficient (Wildman–Crippen LogP) is 3.87. The number of carbonyl (C=O) groups is 2. The highest BCUT2D eigenvalue weighted by atomic mass is 16.2. The molecule has 0 spiro atoms. The van der Waals surface area contributed by atoms with E-state index in [0.717, 1.165) is 42.7 Å². The van der Waals surface area contributed by atoms with Crippen molar-refractivity contribution in [2.75, 3.05) is 26.2 Å². The fourth-order valence-electron chi connectivity index (χ4n) is 4.41. The summed E-state index contributed by atoms with van der Waals surface area (Å²) < 4.78 is 0. The van der Waals surface area contributed by atoms with Crippen molar-refractivity contribution in [1.82, 2.24) is 9.80 Å². The SMILES string of the molecule is CC(=O)c1ccccc1-c1ccc(C(=O)N2CCCN3CCC[C@H]3C2)cc1. The number of ketones is 1. The van der Waals surface area contributed by atoms with Crippen molar-refractivity contribution in [2.24, 2.45) is 0 Å². The standard InChI is InChI=1S/C23H26N2O2/c1-17(26)21-7-2-3-8-22(21)18-9-11-19(12-10-18)23(27)25-15-5-14-24-13-4-6-20(24)16-25/h2-3,7-12,20H,4-6,13-16H2,1H3/t20-/m0/s1. The average molecular weight is 362 g/mol. The summed E-state index contributed by atoms with van der Waals surface area (Å²) in [6.07, 6.45) is 3.49. The van der Waals surface area contributed by atoms with E-state index in [9.17, 15) is 9.59 Å². The molecule has 2 fully saturated rings. The average Bonchev–Trinajstić information content (AvgIpc) is 3.04. The van der Waals surface area contributed by atoms with Crippen molar-refractivity contribution >= 4 is 11.7 Å². The van der Waals surface area contributed by atoms with Crippen LogP contribution in [0.5, 0.6) is 0 Å². The van der Waals surface area contributed by atoms with Gasteiger partial charge in [-0.15, -0.1) is 0 Å². The molecule has 0 radical (unpaired) electrons. The summed E-state index contributed by atoms with van der Waals surface area (Å²) >= 11 is 0. The minimum atomic E-state index is 0.0523. The van der Waals surface area contributed by atoms with Crippen LogP contribution in [0.3, 0.4) is 0 Å². The van der Waals surface area contributed by atoms with E-state index in [1.807, 2.05) is 53.4 Å². The molecule has 1 atom stereocenters. The number of fused-ring (bicyclic) bond motifs is 1. The molecule has 2 aliphatic heterocycles. The van der Waals surface area contributed by atoms with E-state index in [0.29, 0.717) is 11.6 Å². The Morgan fingerprint density at radius 3 is 2.44 bits per heavy atom. The number of Topliss-reactive ketones (excluding diaryl/α,β-unsaturated/α-hetero) is 1. The number of hydrogen-bond donors (Lipinski definition) is 0. The Hall–Kier alpha value is -2.46. The van der Waals surface area contributed by atoms with Crippen LogP contribution in [0.15, 0.2) is 48.5 Å². The number of rotatable bonds is 3. The van der Waals surface area contributed by atoms with Crippen LogP contribution in [0.4, 0.5) is 0 Å². The first-order valence-electron chi connectivity index (χ1n) is 9.87. The molecule has 2 aromatic rings. The second-order valence-electron chi connectivity index (χ2n) is 7.62. The van der Waals surface area contributed by atoms with Crippen LogP contribution in [0.25, 0.3) is 11.1 Å². The second kappa shape index (κ2) is 7.65. The third kappa shape index (κ3) is 3.67. The molecule has 0 bridgehead atoms. The van der Waals surface area contributed by atoms with Crippen LogP contribution < -0.4 is 0 Å². The maximum Gasteiger partial charge on any atom is 0.253 e. The lowest BCUT2D eigenvalue weighted by atomic mass is 9.96. The molecule has 4 nitrogen and oxygen atoms in total. The molecule has 0 unspecified atom stereocenters. The summed E-state index contributed by atoms with van der Waals surface area (Å²) in [4.78, 5) is 29.5. The highest BCUT2D eigenvalue weighted by Crippen LogP contribution is 2.26. The van der Waals surface area contributed by atoms with E-state index in [1.54, 1.807) is 6.92 Å². The van der Waals surface area contributed by atoms with E-state index >= 15 is 0 Å². The first-order chi connectivity index (χ1) is 13.1. The summed E-state index contributed by atoms with van der Waals surface area (Å²) in [6.45, 7) is 5.54. The summed E-state index contributed by atoms with van der Waals surface area (Å²) in [5.41, 5.74) is 3.33. The molecule has 2 aliphatic rings. The zero-order valence-electron chi connectivity index (χ0n) is 15.9. The van der Waals surface area contributed by atoms with Crippen molar-refractivity contribution in [3.05, 3.63) is 59.7 Å². The van der Waals surface area contributed by atoms with Crippen LogP contribution in [-0.2, 0) is 0 Å². The highest BCUT2D eigenvalue weighted by molar-refractivity contribution is 6.01. The predicted molar refractivity (Wildman–Crippen MR) is 107 cm³/mol. The third-order valence-electron chi connectivity index (χ3n) is 5.84. The van der Waals surface area contributed by atoms with Gasteiger partial charge in [-0.1, -0.05) is 36.4 Å². The van der Waals surface area contributed by atoms with Gasteiger partial charge < -0.3 is 4.90 Å². The Balaban J connectivity index is 1.54. The molecule has 2 saturated heterocycles. The van der Waals surface area contributed by atoms with Gasteiger partial charge in [-0.25, -0.2) is 0 Å². The van der Waals surface area contributed by atoms with Crippen molar-refractivity contribution < 1.29 is 9.59 Å². The van der Waals surface area contributed by atoms with Crippen molar-refractivity contribution in [3.8, 4) is 11.1 Å². The molecule has 2 heterocycles. The van der Waals surface area contributed by atoms with Gasteiger partial charge in [0.05, 0.1) is 0 Å². The van der Waals surface area contributed by atoms with Gasteiger partial charge in [0.15, 0.2) is 5.78 Å². The smallest absolute Gasteiger partial charge is 0.253 e. The summed E-state index contributed by atoms with van der Waals surface area (Å²) in [5, 5.41) is 0. The van der Waals surface area contributed by atoms with E-state index < -0.39 is 0 Å². The van der Waals surface area contributed by atoms with E-state index in [1.165, 1.54) is 19.4 Å². The van der Waals surface area contributed by atoms with Gasteiger partial charge in [-0.05, 0) is 56.0 Å². The summed E-state index contributed by atoms with van der Waals surface area (Å²) in [7, 11) is 0. The molecule has 27 heavy (non-hydrogen) atoms. The van der Waals surface area contributed by atoms with Crippen LogP contribution in [0.2, 0.25) is 0 Å². The lowest BCUT2D eigenvalue weighted by Gasteiger charge is -2.25. The lowest BCUT2D eigenvalue weighted by molar-refractivity contribution is 0.0743. The van der Waals surface area contributed by atoms with Crippen LogP contribution >= 0.6 is 0 Å². The Kier molecular flexibility index (Phi) is 5.08. The maximum absolute atomic E-state index is 13.0. The Labute approximate surface area is 160 Å². The first kappa shape index (κ1) is 17.9. The number of carbonyl (C=O) groups excluding carboxylic acids is 2. The molecule has 1 amide bonds. The van der Waals surface area contributed by atoms with Gasteiger partial charge in [-0.3, -0.25) is 14.5 Å². The number of nitrogens with zero attached hydrogens (tertiary/aromatic N) is 2. The summed E-state index contributed by atoms with van der Waals surface area (Å²) in [5.74, 6) is 0.173. The van der Waals surface area contributed by atoms with Gasteiger partial charge in [0.25, 0.3) is 5.91 Å². The monoisotopic (exact) mass is 362 g/mol. The second-order valence-corrected chi connectivity index (χ2v) is 7.62. The van der Waals surface area contributed by atoms with Gasteiger partial charge in [0.1, 0.15) is 0 Å². The van der Waals surface area contributed by atoms with Gasteiger partial charge in [-0.2, -0.15) is 0 Å². The minimum Gasteiger partial charge on any atom is -0.337 e.